The summed E-state index contributed by atoms with van der Waals surface area (Å²) in [7, 11) is -4.67. The number of aromatic nitrogens is 2. The average Bonchev–Trinajstić information content (AvgIpc) is 3.22. The monoisotopic (exact) mass is 484 g/mol. The highest BCUT2D eigenvalue weighted by molar-refractivity contribution is 7.79. The van der Waals surface area contributed by atoms with Gasteiger partial charge in [0.15, 0.2) is 0 Å². The van der Waals surface area contributed by atoms with Crippen LogP contribution in [0.5, 0.6) is 0 Å². The summed E-state index contributed by atoms with van der Waals surface area (Å²) in [5, 5.41) is 3.13. The van der Waals surface area contributed by atoms with Crippen LogP contribution in [0, 0.1) is 0 Å². The van der Waals surface area contributed by atoms with E-state index in [4.69, 9.17) is 57.1 Å². The highest BCUT2D eigenvalue weighted by Crippen LogP contribution is 2.32. The Hall–Kier alpha value is -1.17. The second-order valence-electron chi connectivity index (χ2n) is 5.39. The molecular weight excluding hydrogens is 471 g/mol. The number of thiophene rings is 1. The molecule has 2 aromatic heterocycles. The van der Waals surface area contributed by atoms with Crippen LogP contribution >= 0.6 is 46.1 Å². The first-order chi connectivity index (χ1) is 13.1. The molecule has 2 heterocycles. The van der Waals surface area contributed by atoms with Crippen LogP contribution in [0.15, 0.2) is 48.4 Å². The Kier molecular flexibility index (Phi) is 8.72. The molecule has 3 rings (SSSR count). The van der Waals surface area contributed by atoms with Gasteiger partial charge in [0.05, 0.1) is 23.8 Å². The summed E-state index contributed by atoms with van der Waals surface area (Å²) in [4.78, 5) is 4.06. The summed E-state index contributed by atoms with van der Waals surface area (Å²) in [6.07, 6.45) is 5.14. The largest absolute Gasteiger partial charge is 0.394 e. The molecule has 0 amide bonds. The second-order valence-corrected chi connectivity index (χ2v) is 8.65. The summed E-state index contributed by atoms with van der Waals surface area (Å²) in [6.45, 7) is 1.02. The number of nitrogens with zero attached hydrogens (tertiary/aromatic N) is 2. The maximum atomic E-state index is 8.74. The molecule has 1 aromatic carbocycles. The topological polar surface area (TPSA) is 102 Å². The molecule has 7 nitrogen and oxygen atoms in total. The highest BCUT2D eigenvalue weighted by Gasteiger charge is 2.17. The summed E-state index contributed by atoms with van der Waals surface area (Å²) < 4.78 is 40.4. The molecule has 0 saturated carbocycles. The lowest BCUT2D eigenvalue weighted by Crippen LogP contribution is -2.12. The van der Waals surface area contributed by atoms with Crippen molar-refractivity contribution >= 4 is 56.5 Å². The van der Waals surface area contributed by atoms with Crippen LogP contribution in [0.1, 0.15) is 17.2 Å². The van der Waals surface area contributed by atoms with Gasteiger partial charge in [-0.25, -0.2) is 4.98 Å². The number of hydrogen-bond donors (Lipinski definition) is 2. The molecule has 28 heavy (non-hydrogen) atoms. The number of halogens is 3. The van der Waals surface area contributed by atoms with Gasteiger partial charge in [0.25, 0.3) is 0 Å². The fourth-order valence-corrected chi connectivity index (χ4v) is 3.63. The lowest BCUT2D eigenvalue weighted by atomic mass is 10.1. The van der Waals surface area contributed by atoms with Crippen molar-refractivity contribution in [2.24, 2.45) is 0 Å². The Bertz CT molecular complexity index is 986. The van der Waals surface area contributed by atoms with Gasteiger partial charge in [0.2, 0.25) is 0 Å². The van der Waals surface area contributed by atoms with Gasteiger partial charge >= 0.3 is 10.4 Å². The first-order valence-electron chi connectivity index (χ1n) is 7.57. The molecule has 0 aliphatic carbocycles. The van der Waals surface area contributed by atoms with Crippen molar-refractivity contribution in [1.82, 2.24) is 9.55 Å². The third-order valence-corrected chi connectivity index (χ3v) is 5.19. The zero-order valence-corrected chi connectivity index (χ0v) is 18.0. The van der Waals surface area contributed by atoms with Gasteiger partial charge in [-0.1, -0.05) is 40.9 Å². The minimum absolute atomic E-state index is 0.232. The maximum Gasteiger partial charge on any atom is 0.394 e. The van der Waals surface area contributed by atoms with Gasteiger partial charge in [-0.15, -0.1) is 11.3 Å². The first-order valence-corrected chi connectivity index (χ1v) is 11.0. The summed E-state index contributed by atoms with van der Waals surface area (Å²) in [5.41, 5.74) is 1.86. The molecule has 1 atom stereocenters. The van der Waals surface area contributed by atoms with Gasteiger partial charge in [-0.2, -0.15) is 8.42 Å². The van der Waals surface area contributed by atoms with E-state index in [1.54, 1.807) is 18.6 Å². The van der Waals surface area contributed by atoms with E-state index in [9.17, 15) is 0 Å². The van der Waals surface area contributed by atoms with E-state index >= 15 is 0 Å². The molecule has 0 fully saturated rings. The first kappa shape index (κ1) is 23.1. The van der Waals surface area contributed by atoms with Crippen molar-refractivity contribution < 1.29 is 22.3 Å². The SMILES string of the molecule is Clc1ccc([C@@H](Cn2ccnc2)OCc2ccsc2Cl)c(Cl)c1.O=S(=O)(O)O. The normalized spacial score (nSPS) is 12.3. The molecule has 12 heteroatoms. The molecule has 0 unspecified atom stereocenters. The summed E-state index contributed by atoms with van der Waals surface area (Å²) in [5.74, 6) is 0. The van der Waals surface area contributed by atoms with Crippen molar-refractivity contribution in [2.45, 2.75) is 19.3 Å². The van der Waals surface area contributed by atoms with Crippen LogP contribution < -0.4 is 0 Å². The molecule has 0 radical (unpaired) electrons. The third kappa shape index (κ3) is 8.06. The lowest BCUT2D eigenvalue weighted by Gasteiger charge is -2.20. The Labute approximate surface area is 181 Å². The summed E-state index contributed by atoms with van der Waals surface area (Å²) >= 11 is 20.0. The van der Waals surface area contributed by atoms with Gasteiger partial charge < -0.3 is 9.30 Å². The van der Waals surface area contributed by atoms with Gasteiger partial charge in [-0.3, -0.25) is 9.11 Å². The fraction of sp³-hybridized carbons (Fsp3) is 0.188. The maximum absolute atomic E-state index is 8.74. The van der Waals surface area contributed by atoms with Crippen LogP contribution in [0.25, 0.3) is 0 Å². The van der Waals surface area contributed by atoms with Crippen LogP contribution in [-0.4, -0.2) is 27.1 Å². The third-order valence-electron chi connectivity index (χ3n) is 3.38. The fourth-order valence-electron chi connectivity index (χ4n) is 2.20. The number of ether oxygens (including phenoxy) is 1. The van der Waals surface area contributed by atoms with Crippen molar-refractivity contribution in [3.63, 3.8) is 0 Å². The van der Waals surface area contributed by atoms with E-state index in [-0.39, 0.29) is 6.10 Å². The Morgan fingerprint density at radius 2 is 1.93 bits per heavy atom. The molecule has 0 spiro atoms. The predicted molar refractivity (Wildman–Crippen MR) is 110 cm³/mol. The molecule has 2 N–H and O–H groups in total. The minimum Gasteiger partial charge on any atom is -0.367 e. The van der Waals surface area contributed by atoms with E-state index < -0.39 is 10.4 Å². The zero-order chi connectivity index (χ0) is 20.7. The molecule has 0 aliphatic heterocycles. The van der Waals surface area contributed by atoms with E-state index in [2.05, 4.69) is 4.98 Å². The van der Waals surface area contributed by atoms with Crippen molar-refractivity contribution in [3.8, 4) is 0 Å². The number of rotatable bonds is 6. The molecule has 0 aliphatic rings. The van der Waals surface area contributed by atoms with Crippen molar-refractivity contribution in [1.29, 1.82) is 0 Å². The molecular formula is C16H15Cl3N2O5S2. The number of benzene rings is 1. The van der Waals surface area contributed by atoms with Crippen LogP contribution in [-0.2, 0) is 28.3 Å². The molecule has 0 saturated heterocycles. The number of hydrogen-bond acceptors (Lipinski definition) is 5. The van der Waals surface area contributed by atoms with Crippen molar-refractivity contribution in [3.05, 3.63) is 73.9 Å². The van der Waals surface area contributed by atoms with Crippen LogP contribution in [0.4, 0.5) is 0 Å². The van der Waals surface area contributed by atoms with Gasteiger partial charge in [0.1, 0.15) is 6.10 Å². The zero-order valence-electron chi connectivity index (χ0n) is 14.1. The average molecular weight is 486 g/mol. The standard InChI is InChI=1S/C16H13Cl3N2OS.H2O4S/c17-12-1-2-13(14(18)7-12)15(8-21-5-4-20-10-21)22-9-11-3-6-23-16(11)19;1-5(2,3)4/h1-7,10,15H,8-9H2;(H2,1,2,3,4)/t15-;/m1./s1. The second kappa shape index (κ2) is 10.6. The minimum atomic E-state index is -4.67. The van der Waals surface area contributed by atoms with E-state index in [0.29, 0.717) is 23.2 Å². The molecule has 3 aromatic rings. The van der Waals surface area contributed by atoms with Crippen molar-refractivity contribution in [2.75, 3.05) is 0 Å². The van der Waals surface area contributed by atoms with Gasteiger partial charge in [0, 0.05) is 33.6 Å². The van der Waals surface area contributed by atoms with Crippen LogP contribution in [0.3, 0.4) is 0 Å². The molecule has 0 bridgehead atoms. The van der Waals surface area contributed by atoms with E-state index in [1.807, 2.05) is 34.3 Å². The highest BCUT2D eigenvalue weighted by atomic mass is 35.5. The van der Waals surface area contributed by atoms with Gasteiger partial charge in [-0.05, 0) is 23.6 Å². The smallest absolute Gasteiger partial charge is 0.367 e. The van der Waals surface area contributed by atoms with E-state index in [1.165, 1.54) is 11.3 Å². The Morgan fingerprint density at radius 3 is 2.46 bits per heavy atom. The quantitative estimate of drug-likeness (QED) is 0.465. The summed E-state index contributed by atoms with van der Waals surface area (Å²) in [6, 6.07) is 7.39. The number of imidazole rings is 1. The van der Waals surface area contributed by atoms with Crippen LogP contribution in [0.2, 0.25) is 14.4 Å². The predicted octanol–water partition coefficient (Wildman–Crippen LogP) is 5.21. The lowest BCUT2D eigenvalue weighted by molar-refractivity contribution is 0.0282. The molecule has 152 valence electrons. The van der Waals surface area contributed by atoms with E-state index in [0.717, 1.165) is 15.5 Å². The Balaban J connectivity index is 0.000000500. The Morgan fingerprint density at radius 1 is 1.21 bits per heavy atom.